The third-order valence-electron chi connectivity index (χ3n) is 0.426. The average molecular weight is 188 g/mol. The van der Waals surface area contributed by atoms with Crippen LogP contribution in [0.25, 0.3) is 0 Å². The van der Waals surface area contributed by atoms with E-state index >= 15 is 0 Å². The van der Waals surface area contributed by atoms with Crippen LogP contribution >= 0.6 is 11.7 Å². The molecular weight excluding hydrogens is 185 g/mol. The van der Waals surface area contributed by atoms with Gasteiger partial charge in [0.2, 0.25) is 0 Å². The van der Waals surface area contributed by atoms with Gasteiger partial charge in [-0.25, -0.2) is 4.37 Å². The van der Waals surface area contributed by atoms with Crippen molar-refractivity contribution >= 4 is 11.7 Å². The van der Waals surface area contributed by atoms with E-state index < -0.39 is 0 Å². The average Bonchev–Trinajstić information content (AvgIpc) is 1.86. The van der Waals surface area contributed by atoms with Crippen LogP contribution in [0.15, 0.2) is 0 Å². The number of hydrogen-bond acceptors (Lipinski definition) is 3. The van der Waals surface area contributed by atoms with E-state index in [1.54, 1.807) is 0 Å². The Morgan fingerprint density at radius 2 is 2.43 bits per heavy atom. The second kappa shape index (κ2) is 3.64. The molecule has 0 fully saturated rings. The molecule has 0 aliphatic carbocycles. The van der Waals surface area contributed by atoms with Crippen LogP contribution in [0.4, 0.5) is 0 Å². The van der Waals surface area contributed by atoms with Crippen LogP contribution in [0.3, 0.4) is 0 Å². The largest absolute Gasteiger partial charge is 0.394 e. The molecule has 2 nitrogen and oxygen atoms in total. The Labute approximate surface area is 71.5 Å². The van der Waals surface area contributed by atoms with Crippen molar-refractivity contribution in [3.63, 3.8) is 0 Å². The van der Waals surface area contributed by atoms with Crippen LogP contribution in [0.5, 0.6) is 0 Å². The van der Waals surface area contributed by atoms with Crippen molar-refractivity contribution in [2.45, 2.75) is 6.92 Å². The minimum Gasteiger partial charge on any atom is -0.394 e. The van der Waals surface area contributed by atoms with Gasteiger partial charge in [-0.1, -0.05) is 6.92 Å². The van der Waals surface area contributed by atoms with Crippen molar-refractivity contribution in [1.82, 2.24) is 8.75 Å². The van der Waals surface area contributed by atoms with Gasteiger partial charge in [0, 0.05) is 44.4 Å². The Morgan fingerprint density at radius 1 is 1.71 bits per heavy atom. The van der Waals surface area contributed by atoms with Gasteiger partial charge < -0.3 is 10.6 Å². The molecule has 1 aromatic rings. The second-order valence-electron chi connectivity index (χ2n) is 0.961. The van der Waals surface area contributed by atoms with E-state index in [-0.39, 0.29) is 32.7 Å². The van der Waals surface area contributed by atoms with Gasteiger partial charge in [0.25, 0.3) is 0 Å². The standard InChI is InChI=1S/C3H3N2S.Y/c1-3-2-4-6-5-3;/h1H3;/q-1;. The van der Waals surface area contributed by atoms with Gasteiger partial charge in [-0.15, -0.1) is 5.69 Å². The summed E-state index contributed by atoms with van der Waals surface area (Å²) >= 11 is 1.18. The maximum absolute atomic E-state index is 3.79. The van der Waals surface area contributed by atoms with Crippen molar-refractivity contribution in [3.05, 3.63) is 11.9 Å². The van der Waals surface area contributed by atoms with Gasteiger partial charge in [-0.05, 0) is 0 Å². The minimum atomic E-state index is 0. The summed E-state index contributed by atoms with van der Waals surface area (Å²) in [5.41, 5.74) is 0.875. The molecule has 0 amide bonds. The van der Waals surface area contributed by atoms with Crippen LogP contribution in [-0.4, -0.2) is 8.75 Å². The Kier molecular flexibility index (Phi) is 3.98. The molecule has 0 unspecified atom stereocenters. The number of nitrogens with zero attached hydrogens (tertiary/aromatic N) is 2. The zero-order valence-electron chi connectivity index (χ0n) is 3.88. The second-order valence-corrected chi connectivity index (χ2v) is 1.49. The van der Waals surface area contributed by atoms with E-state index in [1.165, 1.54) is 11.7 Å². The zero-order chi connectivity index (χ0) is 4.41. The third-order valence-corrected chi connectivity index (χ3v) is 0.954. The van der Waals surface area contributed by atoms with Crippen molar-refractivity contribution in [3.8, 4) is 0 Å². The Hall–Kier alpha value is 0.664. The smallest absolute Gasteiger partial charge is 0.0262 e. The molecule has 0 spiro atoms. The van der Waals surface area contributed by atoms with Crippen molar-refractivity contribution in [2.24, 2.45) is 0 Å². The summed E-state index contributed by atoms with van der Waals surface area (Å²) in [5, 5.41) is 0. The van der Waals surface area contributed by atoms with Crippen molar-refractivity contribution < 1.29 is 32.7 Å². The molecule has 0 bridgehead atoms. The summed E-state index contributed by atoms with van der Waals surface area (Å²) in [5.74, 6) is 0. The van der Waals surface area contributed by atoms with Gasteiger partial charge in [-0.2, -0.15) is 0 Å². The van der Waals surface area contributed by atoms with E-state index in [9.17, 15) is 0 Å². The molecule has 7 heavy (non-hydrogen) atoms. The van der Waals surface area contributed by atoms with Crippen LogP contribution in [0.1, 0.15) is 5.69 Å². The van der Waals surface area contributed by atoms with Gasteiger partial charge in [0.05, 0.1) is 0 Å². The van der Waals surface area contributed by atoms with Crippen molar-refractivity contribution in [1.29, 1.82) is 0 Å². The molecule has 0 saturated carbocycles. The van der Waals surface area contributed by atoms with Gasteiger partial charge >= 0.3 is 0 Å². The van der Waals surface area contributed by atoms with Crippen LogP contribution in [0.2, 0.25) is 0 Å². The van der Waals surface area contributed by atoms with Crippen molar-refractivity contribution in [2.75, 3.05) is 0 Å². The first-order valence-corrected chi connectivity index (χ1v) is 2.29. The van der Waals surface area contributed by atoms with E-state index in [0.717, 1.165) is 5.69 Å². The number of aryl methyl sites for hydroxylation is 1. The number of hydrogen-bond donors (Lipinski definition) is 0. The topological polar surface area (TPSA) is 25.8 Å². The first-order valence-electron chi connectivity index (χ1n) is 1.56. The summed E-state index contributed by atoms with van der Waals surface area (Å²) < 4.78 is 7.42. The first kappa shape index (κ1) is 7.66. The number of aromatic nitrogens is 2. The molecule has 35 valence electrons. The molecule has 0 atom stereocenters. The SMILES string of the molecule is Cc1[c-]nsn1.[Y]. The fraction of sp³-hybridized carbons (Fsp3) is 0.333. The van der Waals surface area contributed by atoms with E-state index in [1.807, 2.05) is 6.92 Å². The predicted octanol–water partition coefficient (Wildman–Crippen LogP) is 0.644. The van der Waals surface area contributed by atoms with Gasteiger partial charge in [0.15, 0.2) is 0 Å². The summed E-state index contributed by atoms with van der Waals surface area (Å²) in [6, 6.07) is 0. The molecule has 1 radical (unpaired) electrons. The van der Waals surface area contributed by atoms with E-state index in [0.29, 0.717) is 0 Å². The fourth-order valence-electron chi connectivity index (χ4n) is 0.189. The zero-order valence-corrected chi connectivity index (χ0v) is 7.53. The summed E-state index contributed by atoms with van der Waals surface area (Å²) in [7, 11) is 0. The van der Waals surface area contributed by atoms with Crippen LogP contribution < -0.4 is 0 Å². The molecule has 0 aromatic carbocycles. The molecule has 0 saturated heterocycles. The molecule has 0 N–H and O–H groups in total. The predicted molar refractivity (Wildman–Crippen MR) is 23.5 cm³/mol. The molecule has 1 rings (SSSR count). The number of rotatable bonds is 0. The van der Waals surface area contributed by atoms with E-state index in [2.05, 4.69) is 14.9 Å². The minimum absolute atomic E-state index is 0. The Balaban J connectivity index is 0.000000360. The molecule has 1 heterocycles. The van der Waals surface area contributed by atoms with E-state index in [4.69, 9.17) is 0 Å². The monoisotopic (exact) mass is 188 g/mol. The molecule has 1 aromatic heterocycles. The summed E-state index contributed by atoms with van der Waals surface area (Å²) in [6.07, 6.45) is 2.66. The third kappa shape index (κ3) is 2.47. The normalized spacial score (nSPS) is 7.57. The quantitative estimate of drug-likeness (QED) is 0.558. The molecule has 0 aliphatic heterocycles. The molecule has 4 heteroatoms. The molecular formula is C3H3N2SY-. The fourth-order valence-corrected chi connectivity index (χ4v) is 0.566. The maximum atomic E-state index is 3.79. The maximum Gasteiger partial charge on any atom is 0.0262 e. The Bertz CT molecular complexity index is 116. The summed E-state index contributed by atoms with van der Waals surface area (Å²) in [6.45, 7) is 1.86. The van der Waals surface area contributed by atoms with Gasteiger partial charge in [-0.3, -0.25) is 0 Å². The Morgan fingerprint density at radius 3 is 2.57 bits per heavy atom. The summed E-state index contributed by atoms with van der Waals surface area (Å²) in [4.78, 5) is 0. The first-order chi connectivity index (χ1) is 2.89. The van der Waals surface area contributed by atoms with Crippen LogP contribution in [-0.2, 0) is 32.7 Å². The molecule has 0 aliphatic rings. The van der Waals surface area contributed by atoms with Gasteiger partial charge in [0.1, 0.15) is 0 Å². The van der Waals surface area contributed by atoms with Crippen LogP contribution in [0, 0.1) is 13.1 Å².